The minimum atomic E-state index is -1.52. The first-order valence-corrected chi connectivity index (χ1v) is 21.2. The van der Waals surface area contributed by atoms with E-state index in [0.29, 0.717) is 13.1 Å². The lowest BCUT2D eigenvalue weighted by molar-refractivity contribution is -0.915. The van der Waals surface area contributed by atoms with Gasteiger partial charge < -0.3 is 29.9 Å². The zero-order chi connectivity index (χ0) is 36.0. The number of unbranched alkanes of at least 4 members (excludes halogenated alkanes) is 26. The summed E-state index contributed by atoms with van der Waals surface area (Å²) in [6.07, 6.45) is 27.6. The summed E-state index contributed by atoms with van der Waals surface area (Å²) in [5.74, 6) is 0. The number of aliphatic hydroxyl groups is 4. The predicted octanol–water partition coefficient (Wildman–Crippen LogP) is 9.72. The van der Waals surface area contributed by atoms with Crippen molar-refractivity contribution in [2.75, 3.05) is 26.3 Å². The monoisotopic (exact) mass is 701 g/mol. The van der Waals surface area contributed by atoms with Crippen LogP contribution in [-0.4, -0.2) is 87.9 Å². The summed E-state index contributed by atoms with van der Waals surface area (Å²) < 4.78 is 11.4. The quantitative estimate of drug-likeness (QED) is 0.0398. The standard InChI is InChI=1S/C41H82NO7/c1-4-7-9-11-13-15-17-19-20-21-22-24-26-28-30-32-34-42(41(47)48-6-3,40-39(46)38(45)37(44)36(35-43)49-40)33-31-29-27-25-23-18-16-14-12-10-8-5-2/h36-40,43-46H,4-35H2,1-3H3/q+1/t36-,37-,38+,39+,40?,42?/m1/s1. The second-order valence-electron chi connectivity index (χ2n) is 15.1. The van der Waals surface area contributed by atoms with Crippen molar-refractivity contribution >= 4 is 6.09 Å². The number of carbonyl (C=O) groups excluding carboxylic acids is 1. The lowest BCUT2D eigenvalue weighted by atomic mass is 9.96. The Morgan fingerprint density at radius 2 is 0.837 bits per heavy atom. The molecule has 1 heterocycles. The molecule has 6 atom stereocenters. The van der Waals surface area contributed by atoms with Crippen LogP contribution in [0.3, 0.4) is 0 Å². The molecular weight excluding hydrogens is 618 g/mol. The van der Waals surface area contributed by atoms with Gasteiger partial charge >= 0.3 is 6.09 Å². The maximum atomic E-state index is 13.8. The highest BCUT2D eigenvalue weighted by molar-refractivity contribution is 5.60. The van der Waals surface area contributed by atoms with E-state index in [4.69, 9.17) is 9.47 Å². The molecule has 0 aromatic rings. The largest absolute Gasteiger partial charge is 0.518 e. The van der Waals surface area contributed by atoms with Crippen molar-refractivity contribution in [1.29, 1.82) is 0 Å². The summed E-state index contributed by atoms with van der Waals surface area (Å²) in [5, 5.41) is 42.2. The SMILES string of the molecule is CCCCCCCCCCCCCCCCCC[N+](CCCCCCCCCCCCCC)(C(=O)OCC)C1O[C@H](CO)[C@@H](O)[C@H](O)[C@@H]1O. The molecule has 0 spiro atoms. The molecule has 2 unspecified atom stereocenters. The van der Waals surface area contributed by atoms with Crippen molar-refractivity contribution in [3.8, 4) is 0 Å². The minimum Gasteiger partial charge on any atom is -0.420 e. The Morgan fingerprint density at radius 3 is 1.14 bits per heavy atom. The third-order valence-electron chi connectivity index (χ3n) is 10.8. The number of quaternary nitrogens is 1. The molecule has 4 N–H and O–H groups in total. The topological polar surface area (TPSA) is 116 Å². The lowest BCUT2D eigenvalue weighted by Gasteiger charge is -2.48. The molecule has 0 radical (unpaired) electrons. The van der Waals surface area contributed by atoms with E-state index < -0.39 is 43.3 Å². The average molecular weight is 701 g/mol. The number of amides is 1. The van der Waals surface area contributed by atoms with Gasteiger partial charge in [0.25, 0.3) is 0 Å². The Balaban J connectivity index is 2.60. The first-order valence-electron chi connectivity index (χ1n) is 21.2. The Hall–Kier alpha value is -0.770. The lowest BCUT2D eigenvalue weighted by Crippen LogP contribution is -2.72. The Kier molecular flexibility index (Phi) is 29.1. The number of rotatable bonds is 33. The molecule has 0 aromatic carbocycles. The molecule has 1 fully saturated rings. The molecule has 8 nitrogen and oxygen atoms in total. The molecule has 1 amide bonds. The summed E-state index contributed by atoms with van der Waals surface area (Å²) in [7, 11) is 0. The fourth-order valence-corrected chi connectivity index (χ4v) is 7.57. The molecule has 0 saturated carbocycles. The molecule has 1 aliphatic heterocycles. The maximum Gasteiger partial charge on any atom is 0.518 e. The van der Waals surface area contributed by atoms with Crippen LogP contribution in [0.5, 0.6) is 0 Å². The number of carbonyl (C=O) groups is 1. The summed E-state index contributed by atoms with van der Waals surface area (Å²) in [6.45, 7) is 6.84. The van der Waals surface area contributed by atoms with E-state index in [2.05, 4.69) is 13.8 Å². The van der Waals surface area contributed by atoms with Crippen molar-refractivity contribution in [2.45, 2.75) is 231 Å². The second-order valence-corrected chi connectivity index (χ2v) is 15.1. The van der Waals surface area contributed by atoms with Crippen molar-refractivity contribution < 1.29 is 39.2 Å². The van der Waals surface area contributed by atoms with E-state index in [1.165, 1.54) is 141 Å². The van der Waals surface area contributed by atoms with Crippen molar-refractivity contribution in [3.63, 3.8) is 0 Å². The van der Waals surface area contributed by atoms with Gasteiger partial charge in [-0.15, -0.1) is 0 Å². The Labute approximate surface area is 302 Å². The molecule has 1 aliphatic rings. The van der Waals surface area contributed by atoms with Crippen LogP contribution in [0.15, 0.2) is 0 Å². The highest BCUT2D eigenvalue weighted by Crippen LogP contribution is 2.32. The normalized spacial score (nSPS) is 22.3. The van der Waals surface area contributed by atoms with Crippen LogP contribution in [-0.2, 0) is 9.47 Å². The first-order chi connectivity index (χ1) is 23.9. The third-order valence-corrected chi connectivity index (χ3v) is 10.8. The van der Waals surface area contributed by atoms with Crippen LogP contribution in [0.25, 0.3) is 0 Å². The molecule has 8 heteroatoms. The van der Waals surface area contributed by atoms with Gasteiger partial charge in [-0.1, -0.05) is 168 Å². The van der Waals surface area contributed by atoms with Crippen molar-refractivity contribution in [2.24, 2.45) is 0 Å². The van der Waals surface area contributed by atoms with Gasteiger partial charge in [0.1, 0.15) is 18.3 Å². The summed E-state index contributed by atoms with van der Waals surface area (Å²) >= 11 is 0. The van der Waals surface area contributed by atoms with Gasteiger partial charge in [-0.05, 0) is 32.6 Å². The highest BCUT2D eigenvalue weighted by atomic mass is 16.6. The van der Waals surface area contributed by atoms with Gasteiger partial charge in [-0.25, -0.2) is 0 Å². The summed E-state index contributed by atoms with van der Waals surface area (Å²) in [5.41, 5.74) is 0. The zero-order valence-corrected chi connectivity index (χ0v) is 32.5. The van der Waals surface area contributed by atoms with Gasteiger partial charge in [0.05, 0.1) is 26.3 Å². The van der Waals surface area contributed by atoms with Crippen molar-refractivity contribution in [1.82, 2.24) is 0 Å². The number of aliphatic hydroxyl groups excluding tert-OH is 4. The van der Waals surface area contributed by atoms with E-state index in [1.54, 1.807) is 6.92 Å². The van der Waals surface area contributed by atoms with Crippen LogP contribution < -0.4 is 0 Å². The van der Waals surface area contributed by atoms with E-state index >= 15 is 0 Å². The molecule has 1 saturated heterocycles. The van der Waals surface area contributed by atoms with E-state index in [9.17, 15) is 25.2 Å². The third kappa shape index (κ3) is 19.6. The highest BCUT2D eigenvalue weighted by Gasteiger charge is 2.57. The molecule has 0 aliphatic carbocycles. The fourth-order valence-electron chi connectivity index (χ4n) is 7.57. The average Bonchev–Trinajstić information content (AvgIpc) is 3.10. The van der Waals surface area contributed by atoms with Gasteiger partial charge in [-0.2, -0.15) is 9.28 Å². The number of ether oxygens (including phenoxy) is 2. The van der Waals surface area contributed by atoms with Gasteiger partial charge in [0, 0.05) is 0 Å². The van der Waals surface area contributed by atoms with Gasteiger partial charge in [0.2, 0.25) is 6.23 Å². The number of nitrogens with zero attached hydrogens (tertiary/aromatic N) is 1. The second kappa shape index (κ2) is 30.8. The van der Waals surface area contributed by atoms with Gasteiger partial charge in [-0.3, -0.25) is 0 Å². The predicted molar refractivity (Wildman–Crippen MR) is 201 cm³/mol. The van der Waals surface area contributed by atoms with E-state index in [0.717, 1.165) is 38.5 Å². The molecular formula is C41H82NO7+. The molecule has 49 heavy (non-hydrogen) atoms. The fraction of sp³-hybridized carbons (Fsp3) is 0.976. The Bertz CT molecular complexity index is 753. The Morgan fingerprint density at radius 1 is 0.510 bits per heavy atom. The molecule has 1 rings (SSSR count). The van der Waals surface area contributed by atoms with Crippen LogP contribution in [0.2, 0.25) is 0 Å². The van der Waals surface area contributed by atoms with Crippen LogP contribution in [0, 0.1) is 0 Å². The number of hydrogen-bond donors (Lipinski definition) is 4. The maximum absolute atomic E-state index is 13.8. The first kappa shape index (κ1) is 46.3. The molecule has 0 aromatic heterocycles. The van der Waals surface area contributed by atoms with E-state index in [-0.39, 0.29) is 11.1 Å². The van der Waals surface area contributed by atoms with Gasteiger partial charge in [0.15, 0.2) is 6.10 Å². The molecule has 292 valence electrons. The van der Waals surface area contributed by atoms with Crippen LogP contribution in [0.1, 0.15) is 201 Å². The summed E-state index contributed by atoms with van der Waals surface area (Å²) in [6, 6.07) is 0. The van der Waals surface area contributed by atoms with Crippen molar-refractivity contribution in [3.05, 3.63) is 0 Å². The van der Waals surface area contributed by atoms with Crippen LogP contribution in [0.4, 0.5) is 4.79 Å². The smallest absolute Gasteiger partial charge is 0.420 e. The van der Waals surface area contributed by atoms with E-state index in [1.807, 2.05) is 0 Å². The van der Waals surface area contributed by atoms with Crippen LogP contribution >= 0.6 is 0 Å². The molecule has 0 bridgehead atoms. The minimum absolute atomic E-state index is 0.202. The number of hydrogen-bond acceptors (Lipinski definition) is 7. The summed E-state index contributed by atoms with van der Waals surface area (Å²) in [4.78, 5) is 13.8. The zero-order valence-electron chi connectivity index (χ0n) is 32.5.